The molecule has 0 saturated heterocycles. The molecule has 0 amide bonds. The van der Waals surface area contributed by atoms with E-state index < -0.39 is 0 Å². The van der Waals surface area contributed by atoms with E-state index in [0.29, 0.717) is 0 Å². The van der Waals surface area contributed by atoms with Crippen molar-refractivity contribution in [2.24, 2.45) is 0 Å². The number of fused-ring (bicyclic) bond motifs is 11. The first-order valence-corrected chi connectivity index (χ1v) is 22.7. The lowest BCUT2D eigenvalue weighted by Crippen LogP contribution is -2.19. The van der Waals surface area contributed by atoms with Crippen LogP contribution in [0, 0.1) is 27.7 Å². The van der Waals surface area contributed by atoms with Gasteiger partial charge in [0.05, 0.1) is 11.4 Å². The van der Waals surface area contributed by atoms with Crippen molar-refractivity contribution < 1.29 is 4.42 Å². The smallest absolute Gasteiger partial charge is 0.159 e. The minimum Gasteiger partial charge on any atom is -0.454 e. The highest BCUT2D eigenvalue weighted by Gasteiger charge is 2.39. The van der Waals surface area contributed by atoms with E-state index in [1.807, 2.05) is 0 Å². The minimum atomic E-state index is -0.316. The number of anilines is 6. The van der Waals surface area contributed by atoms with Crippen molar-refractivity contribution in [2.75, 3.05) is 9.80 Å². The molecule has 0 aliphatic heterocycles. The van der Waals surface area contributed by atoms with Crippen molar-refractivity contribution in [3.8, 4) is 22.3 Å². The largest absolute Gasteiger partial charge is 0.454 e. The van der Waals surface area contributed by atoms with Crippen LogP contribution in [-0.4, -0.2) is 0 Å². The first-order chi connectivity index (χ1) is 31.2. The Labute approximate surface area is 375 Å². The summed E-state index contributed by atoms with van der Waals surface area (Å²) in [7, 11) is 0. The van der Waals surface area contributed by atoms with Gasteiger partial charge in [-0.15, -0.1) is 0 Å². The van der Waals surface area contributed by atoms with Crippen LogP contribution >= 0.6 is 0 Å². The fourth-order valence-electron chi connectivity index (χ4n) is 10.9. The van der Waals surface area contributed by atoms with Crippen LogP contribution in [0.1, 0.15) is 58.4 Å². The zero-order chi connectivity index (χ0) is 43.4. The fraction of sp³-hybridized carbons (Fsp3) is 0.148. The maximum Gasteiger partial charge on any atom is 0.159 e. The highest BCUT2D eigenvalue weighted by Crippen LogP contribution is 2.57. The Bertz CT molecular complexity index is 3550. The third kappa shape index (κ3) is 5.73. The number of benzene rings is 9. The zero-order valence-corrected chi connectivity index (χ0v) is 37.4. The lowest BCUT2D eigenvalue weighted by atomic mass is 9.81. The number of hydrogen-bond acceptors (Lipinski definition) is 3. The summed E-state index contributed by atoms with van der Waals surface area (Å²) in [6, 6.07) is 63.3. The monoisotopic (exact) mass is 826 g/mol. The molecule has 3 nitrogen and oxygen atoms in total. The van der Waals surface area contributed by atoms with Crippen molar-refractivity contribution in [2.45, 2.75) is 59.8 Å². The summed E-state index contributed by atoms with van der Waals surface area (Å²) in [5.74, 6) is 0. The maximum atomic E-state index is 6.79. The van der Waals surface area contributed by atoms with E-state index in [1.165, 1.54) is 94.6 Å². The number of para-hydroxylation sites is 2. The summed E-state index contributed by atoms with van der Waals surface area (Å²) >= 11 is 0. The van der Waals surface area contributed by atoms with Gasteiger partial charge in [-0.3, -0.25) is 0 Å². The van der Waals surface area contributed by atoms with Gasteiger partial charge in [-0.25, -0.2) is 0 Å². The molecule has 10 aromatic rings. The van der Waals surface area contributed by atoms with E-state index in [-0.39, 0.29) is 5.41 Å². The summed E-state index contributed by atoms with van der Waals surface area (Å²) < 4.78 is 6.79. The Morgan fingerprint density at radius 2 is 1.03 bits per heavy atom. The van der Waals surface area contributed by atoms with E-state index >= 15 is 0 Å². The van der Waals surface area contributed by atoms with Crippen LogP contribution in [0.2, 0.25) is 0 Å². The predicted molar refractivity (Wildman–Crippen MR) is 270 cm³/mol. The highest BCUT2D eigenvalue weighted by atomic mass is 16.3. The second-order valence-corrected chi connectivity index (χ2v) is 18.6. The number of furan rings is 1. The van der Waals surface area contributed by atoms with Gasteiger partial charge in [0.25, 0.3) is 0 Å². The predicted octanol–water partition coefficient (Wildman–Crippen LogP) is 17.0. The highest BCUT2D eigenvalue weighted by molar-refractivity contribution is 6.14. The van der Waals surface area contributed by atoms with Crippen LogP contribution < -0.4 is 9.80 Å². The number of nitrogens with zero attached hydrogens (tertiary/aromatic N) is 2. The average Bonchev–Trinajstić information content (AvgIpc) is 3.81. The SMILES string of the molecule is Cc1ccc(N(c2ccc3c(c2)C(C)(C)c2cc(N(c4ccc(C)c(C)c4)c4cccc5c4oc4ccccc45)c4ccccc4c2-3)c2cccc3c2CCc2ccccc2-3)cc1C. The third-order valence-corrected chi connectivity index (χ3v) is 14.6. The van der Waals surface area contributed by atoms with Crippen LogP contribution in [0.3, 0.4) is 0 Å². The Hall–Kier alpha value is -7.36. The lowest BCUT2D eigenvalue weighted by molar-refractivity contribution is 0.661. The Balaban J connectivity index is 1.07. The molecule has 0 N–H and O–H groups in total. The minimum absolute atomic E-state index is 0.316. The summed E-state index contributed by atoms with van der Waals surface area (Å²) in [6.45, 7) is 13.7. The molecule has 0 bridgehead atoms. The van der Waals surface area contributed by atoms with Gasteiger partial charge in [0, 0.05) is 44.3 Å². The van der Waals surface area contributed by atoms with Crippen LogP contribution in [-0.2, 0) is 18.3 Å². The molecule has 0 radical (unpaired) electrons. The molecule has 310 valence electrons. The maximum absolute atomic E-state index is 6.79. The number of hydrogen-bond donors (Lipinski definition) is 0. The summed E-state index contributed by atoms with van der Waals surface area (Å²) in [4.78, 5) is 4.97. The summed E-state index contributed by atoms with van der Waals surface area (Å²) in [5, 5.41) is 4.70. The average molecular weight is 827 g/mol. The van der Waals surface area contributed by atoms with Crippen molar-refractivity contribution in [3.05, 3.63) is 214 Å². The Morgan fingerprint density at radius 1 is 0.422 bits per heavy atom. The standard InChI is InChI=1S/C61H50N2O/c1-37-25-28-42(33-39(37)3)62(55-22-13-20-46-45-16-8-7-15-41(45)27-31-48(46)55)44-30-32-52-53(35-44)61(5,6)54-36-57(47-17-9-10-19-50(47)59(52)54)63(43-29-26-38(2)40(4)34-43)56-23-14-21-51-49-18-11-12-24-58(49)64-60(51)56/h7-26,28-30,32-36H,27,31H2,1-6H3. The van der Waals surface area contributed by atoms with Gasteiger partial charge in [-0.1, -0.05) is 123 Å². The van der Waals surface area contributed by atoms with Gasteiger partial charge in [0.1, 0.15) is 5.58 Å². The van der Waals surface area contributed by atoms with Crippen molar-refractivity contribution in [1.82, 2.24) is 0 Å². The number of rotatable bonds is 6. The van der Waals surface area contributed by atoms with Crippen LogP contribution in [0.15, 0.2) is 174 Å². The van der Waals surface area contributed by atoms with Crippen molar-refractivity contribution >= 4 is 66.8 Å². The van der Waals surface area contributed by atoms with Crippen LogP contribution in [0.4, 0.5) is 34.1 Å². The molecule has 2 aliphatic carbocycles. The second-order valence-electron chi connectivity index (χ2n) is 18.6. The first kappa shape index (κ1) is 38.3. The molecule has 0 spiro atoms. The molecule has 0 unspecified atom stereocenters. The summed E-state index contributed by atoms with van der Waals surface area (Å²) in [6.07, 6.45) is 2.03. The van der Waals surface area contributed by atoms with Gasteiger partial charge in [-0.05, 0) is 173 Å². The zero-order valence-electron chi connectivity index (χ0n) is 37.4. The van der Waals surface area contributed by atoms with Crippen LogP contribution in [0.5, 0.6) is 0 Å². The fourth-order valence-corrected chi connectivity index (χ4v) is 10.9. The van der Waals surface area contributed by atoms with Gasteiger partial charge >= 0.3 is 0 Å². The quantitative estimate of drug-likeness (QED) is 0.166. The van der Waals surface area contributed by atoms with Crippen molar-refractivity contribution in [3.63, 3.8) is 0 Å². The molecule has 1 heterocycles. The molecule has 64 heavy (non-hydrogen) atoms. The van der Waals surface area contributed by atoms with Gasteiger partial charge < -0.3 is 14.2 Å². The molecule has 1 aromatic heterocycles. The topological polar surface area (TPSA) is 19.6 Å². The molecule has 0 saturated carbocycles. The van der Waals surface area contributed by atoms with Gasteiger partial charge in [0.15, 0.2) is 5.58 Å². The van der Waals surface area contributed by atoms with Gasteiger partial charge in [0.2, 0.25) is 0 Å². The van der Waals surface area contributed by atoms with E-state index in [2.05, 4.69) is 221 Å². The normalized spacial score (nSPS) is 13.5. The van der Waals surface area contributed by atoms with Gasteiger partial charge in [-0.2, -0.15) is 0 Å². The molecule has 9 aromatic carbocycles. The number of aryl methyl sites for hydroxylation is 5. The lowest BCUT2D eigenvalue weighted by Gasteiger charge is -2.32. The molecule has 2 aliphatic rings. The van der Waals surface area contributed by atoms with E-state index in [1.54, 1.807) is 0 Å². The Morgan fingerprint density at radius 3 is 1.81 bits per heavy atom. The molecular formula is C61H50N2O. The van der Waals surface area contributed by atoms with E-state index in [0.717, 1.165) is 51.8 Å². The summed E-state index contributed by atoms with van der Waals surface area (Å²) in [5.41, 5.74) is 24.3. The Kier molecular flexibility index (Phi) is 8.59. The first-order valence-electron chi connectivity index (χ1n) is 22.7. The molecule has 12 rings (SSSR count). The second kappa shape index (κ2) is 14.3. The van der Waals surface area contributed by atoms with Crippen LogP contribution in [0.25, 0.3) is 55.0 Å². The third-order valence-electron chi connectivity index (χ3n) is 14.6. The molecule has 0 fully saturated rings. The van der Waals surface area contributed by atoms with E-state index in [9.17, 15) is 0 Å². The molecule has 0 atom stereocenters. The van der Waals surface area contributed by atoms with E-state index in [4.69, 9.17) is 4.42 Å². The molecule has 3 heteroatoms. The molecular weight excluding hydrogens is 777 g/mol. The van der Waals surface area contributed by atoms with Crippen molar-refractivity contribution in [1.29, 1.82) is 0 Å².